The predicted molar refractivity (Wildman–Crippen MR) is 89.6 cm³/mol. The van der Waals surface area contributed by atoms with E-state index in [4.69, 9.17) is 22.4 Å². The Hall–Kier alpha value is -2.37. The monoisotopic (exact) mass is 332 g/mol. The van der Waals surface area contributed by atoms with Crippen molar-refractivity contribution in [3.8, 4) is 11.1 Å². The van der Waals surface area contributed by atoms with E-state index in [1.165, 1.54) is 0 Å². The number of carboxylic acids is 1. The maximum atomic E-state index is 12.0. The number of aliphatic carboxylic acids is 1. The highest BCUT2D eigenvalue weighted by atomic mass is 35.5. The van der Waals surface area contributed by atoms with E-state index in [2.05, 4.69) is 5.32 Å². The fourth-order valence-corrected chi connectivity index (χ4v) is 2.28. The summed E-state index contributed by atoms with van der Waals surface area (Å²) >= 11 is 5.88. The highest BCUT2D eigenvalue weighted by Crippen LogP contribution is 2.25. The maximum absolute atomic E-state index is 12.0. The van der Waals surface area contributed by atoms with Gasteiger partial charge < -0.3 is 16.2 Å². The molecule has 120 valence electrons. The lowest BCUT2D eigenvalue weighted by molar-refractivity contribution is -0.138. The van der Waals surface area contributed by atoms with Crippen LogP contribution < -0.4 is 11.1 Å². The second-order valence-corrected chi connectivity index (χ2v) is 5.63. The van der Waals surface area contributed by atoms with Crippen molar-refractivity contribution in [2.24, 2.45) is 5.73 Å². The molecule has 0 unspecified atom stereocenters. The summed E-state index contributed by atoms with van der Waals surface area (Å²) in [6.45, 7) is 1.79. The Morgan fingerprint density at radius 1 is 1.22 bits per heavy atom. The summed E-state index contributed by atoms with van der Waals surface area (Å²) in [4.78, 5) is 22.7. The van der Waals surface area contributed by atoms with Gasteiger partial charge in [0.15, 0.2) is 0 Å². The molecule has 0 aliphatic heterocycles. The van der Waals surface area contributed by atoms with Crippen LogP contribution in [0.1, 0.15) is 15.9 Å². The lowest BCUT2D eigenvalue weighted by atomic mass is 9.98. The number of carbonyl (C=O) groups excluding carboxylic acids is 1. The van der Waals surface area contributed by atoms with Crippen LogP contribution in [0, 0.1) is 6.92 Å². The molecule has 0 saturated carbocycles. The summed E-state index contributed by atoms with van der Waals surface area (Å²) in [7, 11) is 0. The van der Waals surface area contributed by atoms with Crippen LogP contribution >= 0.6 is 11.6 Å². The summed E-state index contributed by atoms with van der Waals surface area (Å²) in [5, 5.41) is 11.9. The molecule has 1 amide bonds. The number of halogens is 1. The SMILES string of the molecule is Cc1cc(C(=O)NC[C@H](N)C(=O)O)ccc1-c1ccc(Cl)cc1. The summed E-state index contributed by atoms with van der Waals surface area (Å²) in [5.74, 6) is -1.51. The third kappa shape index (κ3) is 4.31. The van der Waals surface area contributed by atoms with Gasteiger partial charge in [-0.1, -0.05) is 29.8 Å². The molecule has 2 rings (SSSR count). The summed E-state index contributed by atoms with van der Waals surface area (Å²) < 4.78 is 0. The van der Waals surface area contributed by atoms with Crippen molar-refractivity contribution < 1.29 is 14.7 Å². The van der Waals surface area contributed by atoms with Crippen LogP contribution in [0.3, 0.4) is 0 Å². The van der Waals surface area contributed by atoms with Crippen molar-refractivity contribution >= 4 is 23.5 Å². The van der Waals surface area contributed by atoms with Crippen molar-refractivity contribution in [2.45, 2.75) is 13.0 Å². The number of nitrogens with one attached hydrogen (secondary N) is 1. The molecular weight excluding hydrogens is 316 g/mol. The average molecular weight is 333 g/mol. The van der Waals surface area contributed by atoms with E-state index in [1.807, 2.05) is 37.3 Å². The molecule has 0 aliphatic carbocycles. The Balaban J connectivity index is 2.14. The normalized spacial score (nSPS) is 11.8. The van der Waals surface area contributed by atoms with Crippen LogP contribution in [0.25, 0.3) is 11.1 Å². The number of aryl methyl sites for hydroxylation is 1. The molecule has 0 bridgehead atoms. The highest BCUT2D eigenvalue weighted by molar-refractivity contribution is 6.30. The van der Waals surface area contributed by atoms with Crippen LogP contribution in [0.15, 0.2) is 42.5 Å². The quantitative estimate of drug-likeness (QED) is 0.784. The van der Waals surface area contributed by atoms with E-state index < -0.39 is 12.0 Å². The van der Waals surface area contributed by atoms with Gasteiger partial charge in [-0.05, 0) is 47.9 Å². The van der Waals surface area contributed by atoms with Crippen LogP contribution in [-0.2, 0) is 4.79 Å². The third-order valence-corrected chi connectivity index (χ3v) is 3.70. The molecule has 4 N–H and O–H groups in total. The lowest BCUT2D eigenvalue weighted by Crippen LogP contribution is -2.42. The first-order chi connectivity index (χ1) is 10.9. The van der Waals surface area contributed by atoms with Gasteiger partial charge in [-0.15, -0.1) is 0 Å². The van der Waals surface area contributed by atoms with Gasteiger partial charge >= 0.3 is 5.97 Å². The minimum Gasteiger partial charge on any atom is -0.480 e. The molecule has 1 atom stereocenters. The minimum atomic E-state index is -1.15. The summed E-state index contributed by atoms with van der Waals surface area (Å²) in [5.41, 5.74) is 8.76. The van der Waals surface area contributed by atoms with Crippen LogP contribution in [0.2, 0.25) is 5.02 Å². The van der Waals surface area contributed by atoms with Gasteiger partial charge in [0.05, 0.1) is 0 Å². The molecule has 0 aromatic heterocycles. The second-order valence-electron chi connectivity index (χ2n) is 5.19. The first-order valence-electron chi connectivity index (χ1n) is 7.01. The van der Waals surface area contributed by atoms with E-state index >= 15 is 0 Å². The van der Waals surface area contributed by atoms with Crippen LogP contribution in [0.4, 0.5) is 0 Å². The Labute approximate surface area is 139 Å². The third-order valence-electron chi connectivity index (χ3n) is 3.44. The standard InChI is InChI=1S/C17H17ClN2O3/c1-10-8-12(16(21)20-9-15(19)17(22)23)4-7-14(10)11-2-5-13(18)6-3-11/h2-8,15H,9,19H2,1H3,(H,20,21)(H,22,23)/t15-/m0/s1. The maximum Gasteiger partial charge on any atom is 0.322 e. The number of nitrogens with two attached hydrogens (primary N) is 1. The molecule has 0 spiro atoms. The number of amides is 1. The van der Waals surface area contributed by atoms with E-state index in [9.17, 15) is 9.59 Å². The van der Waals surface area contributed by atoms with Crippen molar-refractivity contribution in [1.82, 2.24) is 5.32 Å². The van der Waals surface area contributed by atoms with Gasteiger partial charge in [-0.3, -0.25) is 9.59 Å². The molecule has 0 saturated heterocycles. The Morgan fingerprint density at radius 2 is 1.87 bits per heavy atom. The van der Waals surface area contributed by atoms with Crippen LogP contribution in [0.5, 0.6) is 0 Å². The van der Waals surface area contributed by atoms with Crippen molar-refractivity contribution in [1.29, 1.82) is 0 Å². The Morgan fingerprint density at radius 3 is 2.43 bits per heavy atom. The number of carboxylic acid groups (broad SMARTS) is 1. The van der Waals surface area contributed by atoms with E-state index in [0.717, 1.165) is 16.7 Å². The predicted octanol–water partition coefficient (Wildman–Crippen LogP) is 2.46. The number of rotatable bonds is 5. The first-order valence-corrected chi connectivity index (χ1v) is 7.39. The zero-order valence-electron chi connectivity index (χ0n) is 12.5. The Bertz CT molecular complexity index is 729. The van der Waals surface area contributed by atoms with E-state index in [-0.39, 0.29) is 12.5 Å². The molecule has 23 heavy (non-hydrogen) atoms. The van der Waals surface area contributed by atoms with Gasteiger partial charge in [0.1, 0.15) is 6.04 Å². The summed E-state index contributed by atoms with van der Waals surface area (Å²) in [6, 6.07) is 11.6. The molecular formula is C17H17ClN2O3. The molecule has 2 aromatic carbocycles. The van der Waals surface area contributed by atoms with Gasteiger partial charge in [-0.25, -0.2) is 0 Å². The molecule has 0 heterocycles. The van der Waals surface area contributed by atoms with Crippen LogP contribution in [-0.4, -0.2) is 29.6 Å². The molecule has 0 aliphatic rings. The Kier molecular flexibility index (Phi) is 5.36. The average Bonchev–Trinajstić information content (AvgIpc) is 2.53. The molecule has 6 heteroatoms. The van der Waals surface area contributed by atoms with E-state index in [1.54, 1.807) is 12.1 Å². The van der Waals surface area contributed by atoms with E-state index in [0.29, 0.717) is 10.6 Å². The topological polar surface area (TPSA) is 92.4 Å². The largest absolute Gasteiger partial charge is 0.480 e. The fourth-order valence-electron chi connectivity index (χ4n) is 2.15. The summed E-state index contributed by atoms with van der Waals surface area (Å²) in [6.07, 6.45) is 0. The number of hydrogen-bond acceptors (Lipinski definition) is 3. The zero-order chi connectivity index (χ0) is 17.0. The van der Waals surface area contributed by atoms with Gasteiger partial charge in [-0.2, -0.15) is 0 Å². The molecule has 5 nitrogen and oxygen atoms in total. The number of hydrogen-bond donors (Lipinski definition) is 3. The zero-order valence-corrected chi connectivity index (χ0v) is 13.3. The second kappa shape index (κ2) is 7.26. The lowest BCUT2D eigenvalue weighted by Gasteiger charge is -2.11. The van der Waals surface area contributed by atoms with Crippen molar-refractivity contribution in [2.75, 3.05) is 6.54 Å². The van der Waals surface area contributed by atoms with Crippen molar-refractivity contribution in [3.05, 3.63) is 58.6 Å². The van der Waals surface area contributed by atoms with Crippen molar-refractivity contribution in [3.63, 3.8) is 0 Å². The minimum absolute atomic E-state index is 0.119. The molecule has 0 radical (unpaired) electrons. The van der Waals surface area contributed by atoms with Gasteiger partial charge in [0.25, 0.3) is 5.91 Å². The van der Waals surface area contributed by atoms with Gasteiger partial charge in [0.2, 0.25) is 0 Å². The fraction of sp³-hybridized carbons (Fsp3) is 0.176. The number of carbonyl (C=O) groups is 2. The van der Waals surface area contributed by atoms with Gasteiger partial charge in [0, 0.05) is 17.1 Å². The molecule has 0 fully saturated rings. The first kappa shape index (κ1) is 17.0. The smallest absolute Gasteiger partial charge is 0.322 e. The molecule has 2 aromatic rings. The number of benzene rings is 2. The highest BCUT2D eigenvalue weighted by Gasteiger charge is 2.14.